The predicted molar refractivity (Wildman–Crippen MR) is 89.1 cm³/mol. The SMILES string of the molecule is CC(C)c1ccc(C(N)CNC(=O)CC(C)C(C)C)cc1. The number of nitrogens with two attached hydrogens (primary N) is 1. The summed E-state index contributed by atoms with van der Waals surface area (Å²) in [5.74, 6) is 1.53. The van der Waals surface area contributed by atoms with Crippen molar-refractivity contribution in [3.63, 3.8) is 0 Å². The van der Waals surface area contributed by atoms with Crippen LogP contribution in [0.2, 0.25) is 0 Å². The normalized spacial score (nSPS) is 14.3. The molecule has 3 heteroatoms. The molecule has 1 aromatic rings. The van der Waals surface area contributed by atoms with Crippen molar-refractivity contribution in [1.29, 1.82) is 0 Å². The maximum absolute atomic E-state index is 11.9. The molecule has 0 heterocycles. The maximum Gasteiger partial charge on any atom is 0.220 e. The molecule has 2 unspecified atom stereocenters. The Bertz CT molecular complexity index is 437. The number of amides is 1. The number of rotatable bonds is 7. The van der Waals surface area contributed by atoms with Crippen molar-refractivity contribution in [1.82, 2.24) is 5.32 Å². The summed E-state index contributed by atoms with van der Waals surface area (Å²) in [7, 11) is 0. The van der Waals surface area contributed by atoms with E-state index in [9.17, 15) is 4.79 Å². The molecule has 0 spiro atoms. The Labute approximate surface area is 129 Å². The van der Waals surface area contributed by atoms with Gasteiger partial charge in [-0.1, -0.05) is 58.9 Å². The monoisotopic (exact) mass is 290 g/mol. The van der Waals surface area contributed by atoms with Gasteiger partial charge in [0.25, 0.3) is 0 Å². The highest BCUT2D eigenvalue weighted by atomic mass is 16.1. The predicted octanol–water partition coefficient (Wildman–Crippen LogP) is 3.61. The van der Waals surface area contributed by atoms with Crippen LogP contribution in [-0.2, 0) is 4.79 Å². The summed E-state index contributed by atoms with van der Waals surface area (Å²) in [6.45, 7) is 11.2. The Hall–Kier alpha value is -1.35. The van der Waals surface area contributed by atoms with Crippen LogP contribution in [0.3, 0.4) is 0 Å². The zero-order valence-corrected chi connectivity index (χ0v) is 14.0. The molecule has 0 aromatic heterocycles. The number of hydrogen-bond acceptors (Lipinski definition) is 2. The molecule has 1 amide bonds. The van der Waals surface area contributed by atoms with Crippen LogP contribution in [0.5, 0.6) is 0 Å². The standard InChI is InChI=1S/C18H30N2O/c1-12(2)14(5)10-18(21)20-11-17(19)16-8-6-15(7-9-16)13(3)4/h6-9,12-14,17H,10-11,19H2,1-5H3,(H,20,21). The van der Waals surface area contributed by atoms with Crippen LogP contribution in [0.15, 0.2) is 24.3 Å². The highest BCUT2D eigenvalue weighted by Gasteiger charge is 2.14. The lowest BCUT2D eigenvalue weighted by atomic mass is 9.94. The van der Waals surface area contributed by atoms with Gasteiger partial charge in [-0.25, -0.2) is 0 Å². The fourth-order valence-electron chi connectivity index (χ4n) is 2.07. The molecule has 21 heavy (non-hydrogen) atoms. The lowest BCUT2D eigenvalue weighted by Gasteiger charge is -2.17. The van der Waals surface area contributed by atoms with E-state index in [0.29, 0.717) is 30.7 Å². The van der Waals surface area contributed by atoms with Crippen molar-refractivity contribution < 1.29 is 4.79 Å². The summed E-state index contributed by atoms with van der Waals surface area (Å²) >= 11 is 0. The number of benzene rings is 1. The first-order valence-electron chi connectivity index (χ1n) is 7.93. The first kappa shape index (κ1) is 17.7. The van der Waals surface area contributed by atoms with Gasteiger partial charge in [0.2, 0.25) is 5.91 Å². The molecule has 0 aliphatic rings. The second kappa shape index (κ2) is 8.18. The highest BCUT2D eigenvalue weighted by Crippen LogP contribution is 2.18. The van der Waals surface area contributed by atoms with E-state index < -0.39 is 0 Å². The molecule has 3 N–H and O–H groups in total. The summed E-state index contributed by atoms with van der Waals surface area (Å²) in [5.41, 5.74) is 8.52. The van der Waals surface area contributed by atoms with E-state index in [1.54, 1.807) is 0 Å². The van der Waals surface area contributed by atoms with Crippen LogP contribution >= 0.6 is 0 Å². The van der Waals surface area contributed by atoms with E-state index in [1.165, 1.54) is 5.56 Å². The molecular weight excluding hydrogens is 260 g/mol. The fourth-order valence-corrected chi connectivity index (χ4v) is 2.07. The Kier molecular flexibility index (Phi) is 6.90. The van der Waals surface area contributed by atoms with E-state index in [1.807, 2.05) is 0 Å². The highest BCUT2D eigenvalue weighted by molar-refractivity contribution is 5.76. The summed E-state index contributed by atoms with van der Waals surface area (Å²) in [6.07, 6.45) is 0.566. The lowest BCUT2D eigenvalue weighted by molar-refractivity contribution is -0.122. The number of nitrogens with one attached hydrogen (secondary N) is 1. The molecule has 0 saturated heterocycles. The van der Waals surface area contributed by atoms with Gasteiger partial charge in [-0.3, -0.25) is 4.79 Å². The number of carbonyl (C=O) groups excluding carboxylic acids is 1. The molecule has 3 nitrogen and oxygen atoms in total. The van der Waals surface area contributed by atoms with Crippen molar-refractivity contribution >= 4 is 5.91 Å². The largest absolute Gasteiger partial charge is 0.354 e. The number of carbonyl (C=O) groups is 1. The molecule has 2 atom stereocenters. The minimum absolute atomic E-state index is 0.0884. The average molecular weight is 290 g/mol. The van der Waals surface area contributed by atoms with Crippen molar-refractivity contribution in [3.8, 4) is 0 Å². The zero-order valence-electron chi connectivity index (χ0n) is 14.0. The van der Waals surface area contributed by atoms with Crippen molar-refractivity contribution in [2.24, 2.45) is 17.6 Å². The van der Waals surface area contributed by atoms with Crippen LogP contribution in [0.1, 0.15) is 64.1 Å². The molecule has 1 aromatic carbocycles. The summed E-state index contributed by atoms with van der Waals surface area (Å²) < 4.78 is 0. The minimum atomic E-state index is -0.149. The third-order valence-electron chi connectivity index (χ3n) is 4.20. The molecule has 0 bridgehead atoms. The molecular formula is C18H30N2O. The van der Waals surface area contributed by atoms with Crippen molar-refractivity contribution in [2.45, 2.75) is 53.0 Å². The van der Waals surface area contributed by atoms with Crippen LogP contribution in [-0.4, -0.2) is 12.5 Å². The van der Waals surface area contributed by atoms with E-state index in [-0.39, 0.29) is 11.9 Å². The van der Waals surface area contributed by atoms with Gasteiger partial charge in [-0.2, -0.15) is 0 Å². The molecule has 1 rings (SSSR count). The van der Waals surface area contributed by atoms with Crippen LogP contribution in [0.4, 0.5) is 0 Å². The van der Waals surface area contributed by atoms with E-state index in [4.69, 9.17) is 5.73 Å². The fraction of sp³-hybridized carbons (Fsp3) is 0.611. The Balaban J connectivity index is 2.46. The first-order valence-corrected chi connectivity index (χ1v) is 7.93. The molecule has 118 valence electrons. The zero-order chi connectivity index (χ0) is 16.0. The molecule has 0 aliphatic heterocycles. The first-order chi connectivity index (χ1) is 9.81. The third kappa shape index (κ3) is 5.88. The summed E-state index contributed by atoms with van der Waals surface area (Å²) in [4.78, 5) is 11.9. The quantitative estimate of drug-likeness (QED) is 0.806. The Morgan fingerprint density at radius 1 is 1.05 bits per heavy atom. The molecule has 0 saturated carbocycles. The summed E-state index contributed by atoms with van der Waals surface area (Å²) in [5, 5.41) is 2.94. The maximum atomic E-state index is 11.9. The lowest BCUT2D eigenvalue weighted by Crippen LogP contribution is -2.33. The molecule has 0 aliphatic carbocycles. The molecule has 0 radical (unpaired) electrons. The van der Waals surface area contributed by atoms with Crippen molar-refractivity contribution in [3.05, 3.63) is 35.4 Å². The minimum Gasteiger partial charge on any atom is -0.354 e. The van der Waals surface area contributed by atoms with E-state index in [0.717, 1.165) is 5.56 Å². The molecule has 0 fully saturated rings. The van der Waals surface area contributed by atoms with Crippen LogP contribution in [0, 0.1) is 11.8 Å². The van der Waals surface area contributed by atoms with Crippen LogP contribution in [0.25, 0.3) is 0 Å². The van der Waals surface area contributed by atoms with Gasteiger partial charge in [0, 0.05) is 19.0 Å². The average Bonchev–Trinajstić information content (AvgIpc) is 2.44. The van der Waals surface area contributed by atoms with Gasteiger partial charge in [0.1, 0.15) is 0 Å². The van der Waals surface area contributed by atoms with Gasteiger partial charge in [-0.05, 0) is 28.9 Å². The second-order valence-electron chi connectivity index (χ2n) is 6.66. The summed E-state index contributed by atoms with van der Waals surface area (Å²) in [6, 6.07) is 8.20. The van der Waals surface area contributed by atoms with E-state index >= 15 is 0 Å². The van der Waals surface area contributed by atoms with Gasteiger partial charge in [-0.15, -0.1) is 0 Å². The van der Waals surface area contributed by atoms with Gasteiger partial charge >= 0.3 is 0 Å². The smallest absolute Gasteiger partial charge is 0.220 e. The van der Waals surface area contributed by atoms with E-state index in [2.05, 4.69) is 64.2 Å². The number of hydrogen-bond donors (Lipinski definition) is 2. The van der Waals surface area contributed by atoms with Gasteiger partial charge < -0.3 is 11.1 Å². The van der Waals surface area contributed by atoms with Crippen molar-refractivity contribution in [2.75, 3.05) is 6.54 Å². The van der Waals surface area contributed by atoms with Gasteiger partial charge in [0.15, 0.2) is 0 Å². The van der Waals surface area contributed by atoms with Gasteiger partial charge in [0.05, 0.1) is 0 Å². The second-order valence-corrected chi connectivity index (χ2v) is 6.66. The van der Waals surface area contributed by atoms with Crippen LogP contribution < -0.4 is 11.1 Å². The third-order valence-corrected chi connectivity index (χ3v) is 4.20. The Morgan fingerprint density at radius 3 is 2.05 bits per heavy atom. The topological polar surface area (TPSA) is 55.1 Å². The Morgan fingerprint density at radius 2 is 1.57 bits per heavy atom.